The molecule has 0 bridgehead atoms. The maximum atomic E-state index is 12.9. The molecule has 0 aromatic heterocycles. The summed E-state index contributed by atoms with van der Waals surface area (Å²) in [5.41, 5.74) is 4.15. The Hall–Kier alpha value is -3.55. The second-order valence-electron chi connectivity index (χ2n) is 7.59. The highest BCUT2D eigenvalue weighted by Crippen LogP contribution is 2.28. The van der Waals surface area contributed by atoms with Gasteiger partial charge in [-0.1, -0.05) is 53.5 Å². The number of ether oxygens (including phenoxy) is 2. The molecule has 2 atom stereocenters. The molecular weight excluding hydrogens is 489 g/mol. The van der Waals surface area contributed by atoms with Gasteiger partial charge in [-0.15, -0.1) is 0 Å². The lowest BCUT2D eigenvalue weighted by Gasteiger charge is -2.21. The number of hydrogen-bond acceptors (Lipinski definition) is 5. The van der Waals surface area contributed by atoms with E-state index < -0.39 is 24.0 Å². The number of hydrogen-bond donors (Lipinski definition) is 2. The zero-order chi connectivity index (χ0) is 25.2. The molecule has 3 aromatic rings. The molecule has 0 spiro atoms. The Labute approximate surface area is 214 Å². The lowest BCUT2D eigenvalue weighted by Crippen LogP contribution is -2.50. The van der Waals surface area contributed by atoms with Crippen LogP contribution in [0.15, 0.2) is 77.9 Å². The molecule has 0 fully saturated rings. The van der Waals surface area contributed by atoms with Crippen LogP contribution in [0, 0.1) is 0 Å². The number of methoxy groups -OCH3 is 1. The molecule has 0 radical (unpaired) electrons. The minimum atomic E-state index is -0.914. The van der Waals surface area contributed by atoms with E-state index in [2.05, 4.69) is 15.8 Å². The fourth-order valence-corrected chi connectivity index (χ4v) is 3.55. The number of rotatable bonds is 10. The van der Waals surface area contributed by atoms with Gasteiger partial charge in [0.15, 0.2) is 6.10 Å². The van der Waals surface area contributed by atoms with Crippen LogP contribution >= 0.6 is 23.2 Å². The molecule has 0 unspecified atom stereocenters. The summed E-state index contributed by atoms with van der Waals surface area (Å²) in [6.45, 7) is 1.57. The molecule has 0 aliphatic rings. The van der Waals surface area contributed by atoms with Crippen molar-refractivity contribution in [3.63, 3.8) is 0 Å². The number of nitrogens with zero attached hydrogens (tertiary/aromatic N) is 1. The van der Waals surface area contributed by atoms with Crippen LogP contribution in [0.25, 0.3) is 0 Å². The van der Waals surface area contributed by atoms with Crippen LogP contribution in [0.5, 0.6) is 11.5 Å². The molecule has 0 aliphatic heterocycles. The third-order valence-corrected chi connectivity index (χ3v) is 5.52. The van der Waals surface area contributed by atoms with Gasteiger partial charge in [0.25, 0.3) is 11.8 Å². The molecule has 182 valence electrons. The first-order valence-electron chi connectivity index (χ1n) is 10.8. The number of nitrogens with one attached hydrogen (secondary N) is 2. The Kier molecular flexibility index (Phi) is 9.52. The molecule has 3 rings (SSSR count). The first-order chi connectivity index (χ1) is 16.9. The first kappa shape index (κ1) is 26.1. The minimum Gasteiger partial charge on any atom is -0.497 e. The molecule has 3 aromatic carbocycles. The zero-order valence-corrected chi connectivity index (χ0v) is 20.7. The summed E-state index contributed by atoms with van der Waals surface area (Å²) in [5.74, 6) is 0.0786. The third kappa shape index (κ3) is 8.02. The molecule has 0 heterocycles. The van der Waals surface area contributed by atoms with E-state index in [1.165, 1.54) is 12.3 Å². The molecular formula is C26H25Cl2N3O4. The standard InChI is InChI=1S/C26H25Cl2N3O4/c1-17(35-24-13-10-20(27)15-22(24)28)25(32)30-23(14-18-6-4-3-5-7-18)26(33)31-29-16-19-8-11-21(34-2)12-9-19/h3-13,15-17,23H,14H2,1-2H3,(H,30,32)(H,31,33)/b29-16-/t17-,23-/m0/s1. The molecule has 0 saturated heterocycles. The molecule has 9 heteroatoms. The summed E-state index contributed by atoms with van der Waals surface area (Å²) in [4.78, 5) is 25.8. The van der Waals surface area contributed by atoms with Crippen LogP contribution in [0.3, 0.4) is 0 Å². The fraction of sp³-hybridized carbons (Fsp3) is 0.192. The van der Waals surface area contributed by atoms with Gasteiger partial charge < -0.3 is 14.8 Å². The third-order valence-electron chi connectivity index (χ3n) is 4.99. The van der Waals surface area contributed by atoms with Gasteiger partial charge in [0.2, 0.25) is 0 Å². The van der Waals surface area contributed by atoms with Gasteiger partial charge >= 0.3 is 0 Å². The number of hydrazone groups is 1. The quantitative estimate of drug-likeness (QED) is 0.305. The second-order valence-corrected chi connectivity index (χ2v) is 8.44. The number of carbonyl (C=O) groups is 2. The molecule has 35 heavy (non-hydrogen) atoms. The van der Waals surface area contributed by atoms with Gasteiger partial charge in [-0.3, -0.25) is 9.59 Å². The molecule has 2 amide bonds. The summed E-state index contributed by atoms with van der Waals surface area (Å²) < 4.78 is 10.8. The maximum Gasteiger partial charge on any atom is 0.262 e. The SMILES string of the molecule is COc1ccc(/C=N\NC(=O)[C@H](Cc2ccccc2)NC(=O)[C@H](C)Oc2ccc(Cl)cc2Cl)cc1. The van der Waals surface area contributed by atoms with Crippen molar-refractivity contribution >= 4 is 41.2 Å². The van der Waals surface area contributed by atoms with Crippen molar-refractivity contribution in [1.29, 1.82) is 0 Å². The summed E-state index contributed by atoms with van der Waals surface area (Å²) >= 11 is 12.0. The normalized spacial score (nSPS) is 12.6. The first-order valence-corrected chi connectivity index (χ1v) is 11.5. The lowest BCUT2D eigenvalue weighted by atomic mass is 10.1. The summed E-state index contributed by atoms with van der Waals surface area (Å²) in [7, 11) is 1.58. The van der Waals surface area contributed by atoms with Gasteiger partial charge in [-0.25, -0.2) is 5.43 Å². The maximum absolute atomic E-state index is 12.9. The van der Waals surface area contributed by atoms with Crippen LogP contribution < -0.4 is 20.2 Å². The van der Waals surface area contributed by atoms with E-state index in [4.69, 9.17) is 32.7 Å². The molecule has 0 saturated carbocycles. The molecule has 7 nitrogen and oxygen atoms in total. The number of benzene rings is 3. The van der Waals surface area contributed by atoms with Crippen molar-refractivity contribution in [2.75, 3.05) is 7.11 Å². The average molecular weight is 514 g/mol. The van der Waals surface area contributed by atoms with E-state index in [-0.39, 0.29) is 11.4 Å². The lowest BCUT2D eigenvalue weighted by molar-refractivity contribution is -0.132. The Morgan fingerprint density at radius 2 is 1.71 bits per heavy atom. The van der Waals surface area contributed by atoms with E-state index in [1.54, 1.807) is 50.4 Å². The highest BCUT2D eigenvalue weighted by atomic mass is 35.5. The van der Waals surface area contributed by atoms with Crippen molar-refractivity contribution < 1.29 is 19.1 Å². The van der Waals surface area contributed by atoms with Crippen LogP contribution in [-0.4, -0.2) is 37.3 Å². The summed E-state index contributed by atoms with van der Waals surface area (Å²) in [6, 6.07) is 20.4. The van der Waals surface area contributed by atoms with E-state index in [9.17, 15) is 9.59 Å². The van der Waals surface area contributed by atoms with E-state index in [0.717, 1.165) is 11.1 Å². The van der Waals surface area contributed by atoms with E-state index in [0.29, 0.717) is 16.5 Å². The van der Waals surface area contributed by atoms with Crippen LogP contribution in [0.4, 0.5) is 0 Å². The largest absolute Gasteiger partial charge is 0.497 e. The predicted molar refractivity (Wildman–Crippen MR) is 137 cm³/mol. The smallest absolute Gasteiger partial charge is 0.262 e. The highest BCUT2D eigenvalue weighted by molar-refractivity contribution is 6.35. The second kappa shape index (κ2) is 12.8. The zero-order valence-electron chi connectivity index (χ0n) is 19.2. The van der Waals surface area contributed by atoms with Crippen molar-refractivity contribution in [2.45, 2.75) is 25.5 Å². The minimum absolute atomic E-state index is 0.269. The van der Waals surface area contributed by atoms with Crippen molar-refractivity contribution in [2.24, 2.45) is 5.10 Å². The average Bonchev–Trinajstić information content (AvgIpc) is 2.86. The summed E-state index contributed by atoms with van der Waals surface area (Å²) in [5, 5.41) is 7.50. The van der Waals surface area contributed by atoms with Crippen molar-refractivity contribution in [3.8, 4) is 11.5 Å². The van der Waals surface area contributed by atoms with Crippen LogP contribution in [-0.2, 0) is 16.0 Å². The fourth-order valence-electron chi connectivity index (χ4n) is 3.10. The monoisotopic (exact) mass is 513 g/mol. The number of amides is 2. The van der Waals surface area contributed by atoms with E-state index in [1.807, 2.05) is 30.3 Å². The number of halogens is 2. The Balaban J connectivity index is 1.67. The van der Waals surface area contributed by atoms with Crippen LogP contribution in [0.2, 0.25) is 10.0 Å². The van der Waals surface area contributed by atoms with Gasteiger partial charge in [0.1, 0.15) is 17.5 Å². The van der Waals surface area contributed by atoms with E-state index >= 15 is 0 Å². The van der Waals surface area contributed by atoms with Crippen LogP contribution in [0.1, 0.15) is 18.1 Å². The Morgan fingerprint density at radius 3 is 2.37 bits per heavy atom. The van der Waals surface area contributed by atoms with Gasteiger partial charge in [0.05, 0.1) is 18.3 Å². The predicted octanol–water partition coefficient (Wildman–Crippen LogP) is 4.65. The van der Waals surface area contributed by atoms with Crippen molar-refractivity contribution in [1.82, 2.24) is 10.7 Å². The van der Waals surface area contributed by atoms with Gasteiger partial charge in [-0.2, -0.15) is 5.10 Å². The number of carbonyl (C=O) groups excluding carboxylic acids is 2. The highest BCUT2D eigenvalue weighted by Gasteiger charge is 2.25. The molecule has 2 N–H and O–H groups in total. The van der Waals surface area contributed by atoms with Crippen molar-refractivity contribution in [3.05, 3.63) is 94.0 Å². The van der Waals surface area contributed by atoms with Gasteiger partial charge in [0, 0.05) is 11.4 Å². The Morgan fingerprint density at radius 1 is 1.00 bits per heavy atom. The Bertz CT molecular complexity index is 1170. The summed E-state index contributed by atoms with van der Waals surface area (Å²) in [6.07, 6.45) is 0.861. The van der Waals surface area contributed by atoms with Gasteiger partial charge in [-0.05, 0) is 60.5 Å². The topological polar surface area (TPSA) is 89.0 Å². The molecule has 0 aliphatic carbocycles.